The first-order chi connectivity index (χ1) is 15.0. The van der Waals surface area contributed by atoms with Crippen LogP contribution in [0.1, 0.15) is 50.0 Å². The maximum absolute atomic E-state index is 12.7. The van der Waals surface area contributed by atoms with Crippen molar-refractivity contribution in [2.75, 3.05) is 10.0 Å². The Morgan fingerprint density at radius 1 is 1.03 bits per heavy atom. The van der Waals surface area contributed by atoms with Crippen molar-refractivity contribution < 1.29 is 17.7 Å². The van der Waals surface area contributed by atoms with Gasteiger partial charge >= 0.3 is 0 Å². The zero-order valence-corrected chi connectivity index (χ0v) is 19.7. The van der Waals surface area contributed by atoms with Crippen molar-refractivity contribution in [2.45, 2.75) is 57.8 Å². The molecule has 1 heterocycles. The summed E-state index contributed by atoms with van der Waals surface area (Å²) >= 11 is 0. The molecule has 0 aliphatic heterocycles. The molecule has 0 aliphatic carbocycles. The fraction of sp³-hybridized carbons (Fsp3) is 0.348. The maximum Gasteiger partial charge on any atom is 0.261 e. The molecule has 0 fully saturated rings. The lowest BCUT2D eigenvalue weighted by molar-refractivity contribution is -0.116. The first-order valence-electron chi connectivity index (χ1n) is 10.3. The molecule has 8 nitrogen and oxygen atoms in total. The van der Waals surface area contributed by atoms with E-state index in [9.17, 15) is 13.2 Å². The molecule has 0 saturated heterocycles. The molecule has 0 aliphatic rings. The van der Waals surface area contributed by atoms with Gasteiger partial charge in [0.05, 0.1) is 10.6 Å². The third kappa shape index (κ3) is 5.73. The topological polar surface area (TPSA) is 114 Å². The number of benzene rings is 2. The molecule has 0 saturated carbocycles. The van der Waals surface area contributed by atoms with Gasteiger partial charge in [-0.25, -0.2) is 8.42 Å². The minimum absolute atomic E-state index is 0.110. The van der Waals surface area contributed by atoms with Gasteiger partial charge in [-0.05, 0) is 49.2 Å². The van der Waals surface area contributed by atoms with Crippen LogP contribution in [0.4, 0.5) is 11.4 Å². The van der Waals surface area contributed by atoms with Crippen molar-refractivity contribution in [3.05, 3.63) is 65.3 Å². The smallest absolute Gasteiger partial charge is 0.261 e. The van der Waals surface area contributed by atoms with Crippen molar-refractivity contribution in [3.63, 3.8) is 0 Å². The number of aryl methyl sites for hydroxylation is 3. The highest BCUT2D eigenvalue weighted by atomic mass is 32.2. The standard InChI is InChI=1S/C23H28N4O4S/c1-15-7-6-8-16(2)21(15)27-32(29,30)18-11-9-17(10-12-18)24-19(28)13-14-20-25-22(26-31-20)23(3,4)5/h6-12,27H,13-14H2,1-5H3,(H,24,28). The Morgan fingerprint density at radius 3 is 2.22 bits per heavy atom. The first-order valence-corrected chi connectivity index (χ1v) is 11.8. The third-order valence-electron chi connectivity index (χ3n) is 4.87. The number of nitrogens with zero attached hydrogens (tertiary/aromatic N) is 2. The minimum atomic E-state index is -3.75. The summed E-state index contributed by atoms with van der Waals surface area (Å²) in [6, 6.07) is 11.6. The van der Waals surface area contributed by atoms with Crippen molar-refractivity contribution in [2.24, 2.45) is 0 Å². The summed E-state index contributed by atoms with van der Waals surface area (Å²) < 4.78 is 33.3. The van der Waals surface area contributed by atoms with E-state index in [1.165, 1.54) is 12.1 Å². The fourth-order valence-electron chi connectivity index (χ4n) is 2.99. The van der Waals surface area contributed by atoms with Gasteiger partial charge in [0.2, 0.25) is 11.8 Å². The number of hydrogen-bond donors (Lipinski definition) is 2. The number of nitrogens with one attached hydrogen (secondary N) is 2. The highest BCUT2D eigenvalue weighted by Gasteiger charge is 2.21. The molecule has 2 aromatic carbocycles. The molecular weight excluding hydrogens is 428 g/mol. The van der Waals surface area contributed by atoms with Crippen LogP contribution in [-0.4, -0.2) is 24.5 Å². The highest BCUT2D eigenvalue weighted by Crippen LogP contribution is 2.24. The SMILES string of the molecule is Cc1cccc(C)c1NS(=O)(=O)c1ccc(NC(=O)CCc2nc(C(C)(C)C)no2)cc1. The van der Waals surface area contributed by atoms with Crippen LogP contribution < -0.4 is 10.0 Å². The fourth-order valence-corrected chi connectivity index (χ4v) is 4.19. The van der Waals surface area contributed by atoms with Crippen molar-refractivity contribution in [1.82, 2.24) is 10.1 Å². The lowest BCUT2D eigenvalue weighted by atomic mass is 9.96. The molecule has 3 aromatic rings. The Morgan fingerprint density at radius 2 is 1.66 bits per heavy atom. The lowest BCUT2D eigenvalue weighted by Gasteiger charge is -2.13. The van der Waals surface area contributed by atoms with E-state index in [1.807, 2.05) is 52.8 Å². The van der Waals surface area contributed by atoms with E-state index in [4.69, 9.17) is 4.52 Å². The average molecular weight is 457 g/mol. The first kappa shape index (κ1) is 23.5. The number of amides is 1. The summed E-state index contributed by atoms with van der Waals surface area (Å²) in [5.74, 6) is 0.771. The van der Waals surface area contributed by atoms with Crippen LogP contribution in [0.3, 0.4) is 0 Å². The van der Waals surface area contributed by atoms with E-state index in [1.54, 1.807) is 12.1 Å². The zero-order chi connectivity index (χ0) is 23.5. The van der Waals surface area contributed by atoms with Gasteiger partial charge in [0.25, 0.3) is 10.0 Å². The highest BCUT2D eigenvalue weighted by molar-refractivity contribution is 7.92. The van der Waals surface area contributed by atoms with E-state index in [0.717, 1.165) is 11.1 Å². The second kappa shape index (κ2) is 9.12. The van der Waals surface area contributed by atoms with Gasteiger partial charge in [-0.1, -0.05) is 44.1 Å². The van der Waals surface area contributed by atoms with E-state index >= 15 is 0 Å². The van der Waals surface area contributed by atoms with Crippen molar-refractivity contribution >= 4 is 27.3 Å². The molecule has 0 unspecified atom stereocenters. The van der Waals surface area contributed by atoms with Crippen LogP contribution in [0.25, 0.3) is 0 Å². The van der Waals surface area contributed by atoms with Crippen LogP contribution in [-0.2, 0) is 26.7 Å². The van der Waals surface area contributed by atoms with Gasteiger partial charge in [0.15, 0.2) is 5.82 Å². The Balaban J connectivity index is 1.60. The van der Waals surface area contributed by atoms with Crippen LogP contribution in [0, 0.1) is 13.8 Å². The molecule has 0 spiro atoms. The molecule has 170 valence electrons. The van der Waals surface area contributed by atoms with Gasteiger partial charge in [-0.15, -0.1) is 0 Å². The zero-order valence-electron chi connectivity index (χ0n) is 18.9. The summed E-state index contributed by atoms with van der Waals surface area (Å²) in [6.07, 6.45) is 0.487. The number of para-hydroxylation sites is 1. The Labute approximate surface area is 188 Å². The van der Waals surface area contributed by atoms with Gasteiger partial charge in [0.1, 0.15) is 0 Å². The predicted octanol–water partition coefficient (Wildman–Crippen LogP) is 4.36. The van der Waals surface area contributed by atoms with Crippen LogP contribution in [0.15, 0.2) is 51.9 Å². The summed E-state index contributed by atoms with van der Waals surface area (Å²) in [5.41, 5.74) is 2.53. The van der Waals surface area contributed by atoms with Gasteiger partial charge in [-0.2, -0.15) is 4.98 Å². The molecule has 0 bridgehead atoms. The molecule has 0 atom stereocenters. The Bertz CT molecular complexity index is 1190. The van der Waals surface area contributed by atoms with E-state index < -0.39 is 10.0 Å². The predicted molar refractivity (Wildman–Crippen MR) is 123 cm³/mol. The largest absolute Gasteiger partial charge is 0.339 e. The number of sulfonamides is 1. The molecule has 9 heteroatoms. The molecular formula is C23H28N4O4S. The summed E-state index contributed by atoms with van der Waals surface area (Å²) in [7, 11) is -3.75. The third-order valence-corrected chi connectivity index (χ3v) is 6.24. The van der Waals surface area contributed by atoms with E-state index in [-0.39, 0.29) is 22.6 Å². The van der Waals surface area contributed by atoms with Gasteiger partial charge in [0, 0.05) is 23.9 Å². The summed E-state index contributed by atoms with van der Waals surface area (Å²) in [5, 5.41) is 6.69. The van der Waals surface area contributed by atoms with Crippen molar-refractivity contribution in [3.8, 4) is 0 Å². The van der Waals surface area contributed by atoms with Gasteiger partial charge < -0.3 is 9.84 Å². The van der Waals surface area contributed by atoms with E-state index in [0.29, 0.717) is 29.5 Å². The summed E-state index contributed by atoms with van der Waals surface area (Å²) in [4.78, 5) is 16.7. The average Bonchev–Trinajstić information content (AvgIpc) is 3.19. The molecule has 1 amide bonds. The number of anilines is 2. The Hall–Kier alpha value is -3.20. The maximum atomic E-state index is 12.7. The monoisotopic (exact) mass is 456 g/mol. The lowest BCUT2D eigenvalue weighted by Crippen LogP contribution is -2.15. The van der Waals surface area contributed by atoms with E-state index in [2.05, 4.69) is 20.2 Å². The second-order valence-corrected chi connectivity index (χ2v) is 10.4. The number of carbonyl (C=O) groups excluding carboxylic acids is 1. The van der Waals surface area contributed by atoms with Crippen LogP contribution in [0.2, 0.25) is 0 Å². The molecule has 0 radical (unpaired) electrons. The van der Waals surface area contributed by atoms with Crippen molar-refractivity contribution in [1.29, 1.82) is 0 Å². The number of carbonyl (C=O) groups is 1. The van der Waals surface area contributed by atoms with Gasteiger partial charge in [-0.3, -0.25) is 9.52 Å². The Kier molecular flexibility index (Phi) is 6.68. The minimum Gasteiger partial charge on any atom is -0.339 e. The van der Waals surface area contributed by atoms with Crippen LogP contribution >= 0.6 is 0 Å². The molecule has 2 N–H and O–H groups in total. The molecule has 1 aromatic heterocycles. The number of aromatic nitrogens is 2. The number of rotatable bonds is 7. The molecule has 32 heavy (non-hydrogen) atoms. The molecule has 3 rings (SSSR count). The quantitative estimate of drug-likeness (QED) is 0.546. The second-order valence-electron chi connectivity index (χ2n) is 8.71. The number of hydrogen-bond acceptors (Lipinski definition) is 6. The summed E-state index contributed by atoms with van der Waals surface area (Å²) in [6.45, 7) is 9.64. The van der Waals surface area contributed by atoms with Crippen LogP contribution in [0.5, 0.6) is 0 Å². The normalized spacial score (nSPS) is 11.9.